The van der Waals surface area contributed by atoms with Crippen LogP contribution < -0.4 is 20.0 Å². The summed E-state index contributed by atoms with van der Waals surface area (Å²) in [5.74, 6) is 0. The smallest absolute Gasteiger partial charge is 0.377 e. The summed E-state index contributed by atoms with van der Waals surface area (Å²) in [6, 6.07) is 12.3. The van der Waals surface area contributed by atoms with Gasteiger partial charge in [-0.2, -0.15) is 26.3 Å². The molecule has 2 aromatic carbocycles. The summed E-state index contributed by atoms with van der Waals surface area (Å²) >= 11 is 5.52. The van der Waals surface area contributed by atoms with Crippen LogP contribution in [0.2, 0.25) is 0 Å². The standard InChI is InChI=1S/C27H32F6N4S2/c28-26(29,30)20-3-7-23(8-4-20)37(18-13-34-14-19-37)17-1-2-25(38)35-21-11-15-36(16-12-21)22-5-9-24(10-6-22)39-27(31,32)33/h3-10,21,34H,1-2,11-19H2/p+1. The second-order valence-electron chi connectivity index (χ2n) is 10.1. The van der Waals surface area contributed by atoms with Gasteiger partial charge in [-0.05, 0) is 73.1 Å². The number of nitrogens with one attached hydrogen (secondary N) is 2. The molecule has 0 atom stereocenters. The van der Waals surface area contributed by atoms with E-state index in [1.165, 1.54) is 24.3 Å². The first-order valence-electron chi connectivity index (χ1n) is 13.1. The Morgan fingerprint density at radius 2 is 1.56 bits per heavy atom. The van der Waals surface area contributed by atoms with Crippen molar-refractivity contribution < 1.29 is 26.3 Å². The summed E-state index contributed by atoms with van der Waals surface area (Å²) in [5.41, 5.74) is -3.11. The quantitative estimate of drug-likeness (QED) is 0.156. The van der Waals surface area contributed by atoms with E-state index in [0.717, 1.165) is 81.4 Å². The Labute approximate surface area is 234 Å². The van der Waals surface area contributed by atoms with E-state index in [1.54, 1.807) is 24.3 Å². The van der Waals surface area contributed by atoms with Gasteiger partial charge in [-0.1, -0.05) is 12.2 Å². The third-order valence-electron chi connectivity index (χ3n) is 7.46. The Morgan fingerprint density at radius 1 is 0.949 bits per heavy atom. The maximum absolute atomic E-state index is 13.0. The van der Waals surface area contributed by atoms with Crippen molar-refractivity contribution in [1.82, 2.24) is 15.1 Å². The lowest BCUT2D eigenvalue weighted by atomic mass is 10.0. The molecule has 4 nitrogen and oxygen atoms in total. The first-order valence-corrected chi connectivity index (χ1v) is 14.3. The van der Waals surface area contributed by atoms with Crippen molar-refractivity contribution in [3.05, 3.63) is 54.1 Å². The molecule has 2 aliphatic rings. The number of hydrogen-bond acceptors (Lipinski definition) is 4. The monoisotopic (exact) mass is 591 g/mol. The fourth-order valence-corrected chi connectivity index (χ4v) is 6.23. The third kappa shape index (κ3) is 8.48. The highest BCUT2D eigenvalue weighted by Crippen LogP contribution is 2.37. The van der Waals surface area contributed by atoms with Crippen LogP contribution in [0.3, 0.4) is 0 Å². The van der Waals surface area contributed by atoms with Gasteiger partial charge in [0.15, 0.2) is 0 Å². The van der Waals surface area contributed by atoms with Gasteiger partial charge >= 0.3 is 11.7 Å². The molecule has 0 saturated carbocycles. The van der Waals surface area contributed by atoms with Crippen molar-refractivity contribution in [2.24, 2.45) is 0 Å². The minimum atomic E-state index is -4.35. The molecule has 39 heavy (non-hydrogen) atoms. The van der Waals surface area contributed by atoms with E-state index in [4.69, 9.17) is 12.2 Å². The summed E-state index contributed by atoms with van der Waals surface area (Å²) in [6.07, 6.45) is -1.07. The van der Waals surface area contributed by atoms with Crippen LogP contribution in [0.5, 0.6) is 0 Å². The number of piperazine rings is 1. The molecule has 2 N–H and O–H groups in total. The number of thiocarbonyl (C=S) groups is 1. The van der Waals surface area contributed by atoms with Crippen LogP contribution in [0.4, 0.5) is 37.7 Å². The van der Waals surface area contributed by atoms with Gasteiger partial charge in [0, 0.05) is 55.6 Å². The molecule has 2 aliphatic heterocycles. The topological polar surface area (TPSA) is 27.3 Å². The molecule has 12 heteroatoms. The first-order chi connectivity index (χ1) is 18.4. The highest BCUT2D eigenvalue weighted by atomic mass is 32.2. The Hall–Kier alpha value is -2.02. The zero-order chi connectivity index (χ0) is 28.1. The zero-order valence-corrected chi connectivity index (χ0v) is 23.1. The van der Waals surface area contributed by atoms with Gasteiger partial charge in [0.2, 0.25) is 0 Å². The largest absolute Gasteiger partial charge is 0.446 e. The van der Waals surface area contributed by atoms with Crippen LogP contribution in [0.1, 0.15) is 31.2 Å². The van der Waals surface area contributed by atoms with Gasteiger partial charge in [0.1, 0.15) is 5.69 Å². The Kier molecular flexibility index (Phi) is 9.72. The van der Waals surface area contributed by atoms with Crippen molar-refractivity contribution in [3.8, 4) is 0 Å². The number of quaternary nitrogens is 1. The molecule has 0 aromatic heterocycles. The van der Waals surface area contributed by atoms with E-state index in [1.807, 2.05) is 0 Å². The van der Waals surface area contributed by atoms with E-state index in [0.29, 0.717) is 10.9 Å². The molecule has 2 fully saturated rings. The minimum Gasteiger partial charge on any atom is -0.377 e. The number of piperidine rings is 1. The summed E-state index contributed by atoms with van der Waals surface area (Å²) < 4.78 is 77.4. The Bertz CT molecular complexity index is 1080. The Balaban J connectivity index is 1.24. The predicted octanol–water partition coefficient (Wildman–Crippen LogP) is 6.59. The fraction of sp³-hybridized carbons (Fsp3) is 0.519. The van der Waals surface area contributed by atoms with Crippen LogP contribution in [-0.2, 0) is 6.18 Å². The maximum Gasteiger partial charge on any atom is 0.446 e. The molecule has 0 radical (unpaired) electrons. The molecule has 4 rings (SSSR count). The van der Waals surface area contributed by atoms with Gasteiger partial charge in [0.25, 0.3) is 0 Å². The first kappa shape index (κ1) is 30.0. The molecule has 0 unspecified atom stereocenters. The number of nitrogens with zero attached hydrogens (tertiary/aromatic N) is 2. The molecule has 0 aliphatic carbocycles. The molecule has 0 bridgehead atoms. The lowest BCUT2D eigenvalue weighted by Gasteiger charge is -2.41. The SMILES string of the molecule is FC(F)(F)Sc1ccc(N2CCC(NC(=S)CCC[N+]3(c4ccc(C(F)(F)F)cc4)CCNCC3)CC2)cc1. The summed E-state index contributed by atoms with van der Waals surface area (Å²) in [6.45, 7) is 5.63. The van der Waals surface area contributed by atoms with Crippen LogP contribution in [-0.4, -0.2) is 62.4 Å². The van der Waals surface area contributed by atoms with E-state index in [2.05, 4.69) is 15.5 Å². The second-order valence-corrected chi connectivity index (χ2v) is 11.7. The number of halogens is 6. The number of hydrogen-bond donors (Lipinski definition) is 2. The molecule has 0 amide bonds. The van der Waals surface area contributed by atoms with E-state index in [-0.39, 0.29) is 22.7 Å². The summed E-state index contributed by atoms with van der Waals surface area (Å²) in [4.78, 5) is 3.14. The van der Waals surface area contributed by atoms with Crippen molar-refractivity contribution >= 4 is 40.3 Å². The molecule has 2 aromatic rings. The van der Waals surface area contributed by atoms with E-state index in [9.17, 15) is 26.3 Å². The van der Waals surface area contributed by atoms with E-state index >= 15 is 0 Å². The van der Waals surface area contributed by atoms with Gasteiger partial charge in [-0.3, -0.25) is 4.48 Å². The van der Waals surface area contributed by atoms with Crippen LogP contribution >= 0.6 is 24.0 Å². The molecule has 2 heterocycles. The number of alkyl halides is 6. The maximum atomic E-state index is 13.0. The van der Waals surface area contributed by atoms with Crippen LogP contribution in [0.15, 0.2) is 53.4 Å². The second kappa shape index (κ2) is 12.7. The molecule has 2 saturated heterocycles. The fourth-order valence-electron chi connectivity index (χ4n) is 5.38. The van der Waals surface area contributed by atoms with Crippen molar-refractivity contribution in [2.75, 3.05) is 50.7 Å². The molecular formula is C27H33F6N4S2+. The van der Waals surface area contributed by atoms with Crippen LogP contribution in [0, 0.1) is 0 Å². The minimum absolute atomic E-state index is 0.110. The van der Waals surface area contributed by atoms with Gasteiger partial charge in [0.05, 0.1) is 30.2 Å². The summed E-state index contributed by atoms with van der Waals surface area (Å²) in [7, 11) is 0. The normalized spacial score (nSPS) is 18.7. The van der Waals surface area contributed by atoms with Crippen molar-refractivity contribution in [3.63, 3.8) is 0 Å². The lowest BCUT2D eigenvalue weighted by molar-refractivity contribution is -0.137. The number of thioether (sulfide) groups is 1. The van der Waals surface area contributed by atoms with Crippen molar-refractivity contribution in [2.45, 2.75) is 48.3 Å². The predicted molar refractivity (Wildman–Crippen MR) is 149 cm³/mol. The third-order valence-corrected chi connectivity index (χ3v) is 8.52. The highest BCUT2D eigenvalue weighted by molar-refractivity contribution is 8.00. The molecule has 214 valence electrons. The number of benzene rings is 2. The molecule has 0 spiro atoms. The molecular weight excluding hydrogens is 558 g/mol. The van der Waals surface area contributed by atoms with Gasteiger partial charge in [-0.25, -0.2) is 0 Å². The number of rotatable bonds is 8. The van der Waals surface area contributed by atoms with Crippen molar-refractivity contribution in [1.29, 1.82) is 0 Å². The summed E-state index contributed by atoms with van der Waals surface area (Å²) in [5, 5.41) is 6.81. The average molecular weight is 592 g/mol. The van der Waals surface area contributed by atoms with Gasteiger partial charge < -0.3 is 15.5 Å². The zero-order valence-electron chi connectivity index (χ0n) is 21.5. The van der Waals surface area contributed by atoms with Gasteiger partial charge in [-0.15, -0.1) is 0 Å². The highest BCUT2D eigenvalue weighted by Gasteiger charge is 2.35. The average Bonchev–Trinajstić information content (AvgIpc) is 2.89. The van der Waals surface area contributed by atoms with Crippen LogP contribution in [0.25, 0.3) is 0 Å². The number of anilines is 1. The Morgan fingerprint density at radius 3 is 2.13 bits per heavy atom. The van der Waals surface area contributed by atoms with E-state index < -0.39 is 17.2 Å². The lowest BCUT2D eigenvalue weighted by Crippen LogP contribution is -2.60.